The van der Waals surface area contributed by atoms with E-state index in [4.69, 9.17) is 46.4 Å². The van der Waals surface area contributed by atoms with Gasteiger partial charge in [0.2, 0.25) is 0 Å². The van der Waals surface area contributed by atoms with Gasteiger partial charge < -0.3 is 5.32 Å². The zero-order chi connectivity index (χ0) is 14.9. The summed E-state index contributed by atoms with van der Waals surface area (Å²) in [6.45, 7) is 0. The first kappa shape index (κ1) is 15.9. The average Bonchev–Trinajstić information content (AvgIpc) is 2.34. The maximum absolute atomic E-state index is 12.1. The molecule has 0 saturated carbocycles. The van der Waals surface area contributed by atoms with E-state index >= 15 is 0 Å². The normalized spacial score (nSPS) is 10.4. The maximum Gasteiger partial charge on any atom is 0.255 e. The molecule has 2 rings (SSSR count). The molecule has 0 aliphatic heterocycles. The van der Waals surface area contributed by atoms with Gasteiger partial charge in [-0.2, -0.15) is 0 Å². The molecule has 0 heterocycles. The monoisotopic (exact) mass is 411 g/mol. The standard InChI is InChI=1S/C13H6BrCl4NO/c14-7-1-6(2-8(15)3-7)13(20)19-12-5-10(17)9(16)4-11(12)18/h1-5H,(H,19,20). The van der Waals surface area contributed by atoms with Gasteiger partial charge in [-0.05, 0) is 30.3 Å². The Morgan fingerprint density at radius 2 is 1.55 bits per heavy atom. The fourth-order valence-electron chi connectivity index (χ4n) is 1.50. The van der Waals surface area contributed by atoms with Crippen molar-refractivity contribution >= 4 is 73.9 Å². The third kappa shape index (κ3) is 3.80. The van der Waals surface area contributed by atoms with Crippen molar-refractivity contribution in [1.29, 1.82) is 0 Å². The molecule has 0 aliphatic carbocycles. The molecule has 0 unspecified atom stereocenters. The van der Waals surface area contributed by atoms with Gasteiger partial charge in [-0.1, -0.05) is 62.3 Å². The number of halogens is 5. The number of rotatable bonds is 2. The number of amides is 1. The third-order valence-electron chi connectivity index (χ3n) is 2.38. The fourth-order valence-corrected chi connectivity index (χ4v) is 2.95. The lowest BCUT2D eigenvalue weighted by Gasteiger charge is -2.09. The van der Waals surface area contributed by atoms with Gasteiger partial charge in [0.1, 0.15) is 0 Å². The Bertz CT molecular complexity index is 670. The van der Waals surface area contributed by atoms with Crippen molar-refractivity contribution < 1.29 is 4.79 Å². The lowest BCUT2D eigenvalue weighted by atomic mass is 10.2. The highest BCUT2D eigenvalue weighted by Crippen LogP contribution is 2.32. The van der Waals surface area contributed by atoms with Crippen LogP contribution < -0.4 is 5.32 Å². The van der Waals surface area contributed by atoms with E-state index in [1.807, 2.05) is 0 Å². The van der Waals surface area contributed by atoms with Crippen LogP contribution in [-0.4, -0.2) is 5.91 Å². The van der Waals surface area contributed by atoms with E-state index in [2.05, 4.69) is 21.2 Å². The van der Waals surface area contributed by atoms with Crippen LogP contribution in [0.25, 0.3) is 0 Å². The summed E-state index contributed by atoms with van der Waals surface area (Å²) in [4.78, 5) is 12.1. The smallest absolute Gasteiger partial charge is 0.255 e. The van der Waals surface area contributed by atoms with Gasteiger partial charge in [0.15, 0.2) is 0 Å². The minimum Gasteiger partial charge on any atom is -0.321 e. The molecule has 0 fully saturated rings. The van der Waals surface area contributed by atoms with Gasteiger partial charge in [0.25, 0.3) is 5.91 Å². The van der Waals surface area contributed by atoms with Crippen molar-refractivity contribution in [3.05, 3.63) is 60.5 Å². The van der Waals surface area contributed by atoms with Crippen LogP contribution in [0.4, 0.5) is 5.69 Å². The first-order chi connectivity index (χ1) is 9.36. The minimum atomic E-state index is -0.353. The highest BCUT2D eigenvalue weighted by molar-refractivity contribution is 9.10. The summed E-state index contributed by atoms with van der Waals surface area (Å²) in [6, 6.07) is 7.84. The van der Waals surface area contributed by atoms with Crippen molar-refractivity contribution in [2.75, 3.05) is 5.32 Å². The fraction of sp³-hybridized carbons (Fsp3) is 0. The molecule has 2 nitrogen and oxygen atoms in total. The molecule has 2 aromatic carbocycles. The summed E-state index contributed by atoms with van der Waals surface area (Å²) in [5.41, 5.74) is 0.772. The molecule has 0 bridgehead atoms. The molecule has 2 aromatic rings. The van der Waals surface area contributed by atoms with Gasteiger partial charge in [-0.3, -0.25) is 4.79 Å². The second-order valence-electron chi connectivity index (χ2n) is 3.86. The van der Waals surface area contributed by atoms with Crippen LogP contribution >= 0.6 is 62.3 Å². The van der Waals surface area contributed by atoms with E-state index in [1.165, 1.54) is 12.1 Å². The maximum atomic E-state index is 12.1. The molecular formula is C13H6BrCl4NO. The van der Waals surface area contributed by atoms with E-state index in [-0.39, 0.29) is 5.91 Å². The first-order valence-corrected chi connectivity index (χ1v) is 7.59. The molecule has 0 aromatic heterocycles. The zero-order valence-electron chi connectivity index (χ0n) is 9.68. The van der Waals surface area contributed by atoms with Crippen LogP contribution in [0.3, 0.4) is 0 Å². The number of carbonyl (C=O) groups is 1. The molecule has 0 atom stereocenters. The first-order valence-electron chi connectivity index (χ1n) is 5.29. The van der Waals surface area contributed by atoms with Crippen LogP contribution in [0.5, 0.6) is 0 Å². The zero-order valence-corrected chi connectivity index (χ0v) is 14.3. The minimum absolute atomic E-state index is 0.300. The topological polar surface area (TPSA) is 29.1 Å². The van der Waals surface area contributed by atoms with Gasteiger partial charge in [0, 0.05) is 15.1 Å². The molecule has 1 N–H and O–H groups in total. The van der Waals surface area contributed by atoms with Gasteiger partial charge in [-0.25, -0.2) is 0 Å². The Balaban J connectivity index is 2.30. The summed E-state index contributed by atoms with van der Waals surface area (Å²) in [5, 5.41) is 4.03. The Kier molecular flexibility index (Phi) is 5.21. The van der Waals surface area contributed by atoms with E-state index < -0.39 is 0 Å². The predicted octanol–water partition coefficient (Wildman–Crippen LogP) is 6.32. The number of hydrogen-bond acceptors (Lipinski definition) is 1. The van der Waals surface area contributed by atoms with Crippen LogP contribution in [-0.2, 0) is 0 Å². The predicted molar refractivity (Wildman–Crippen MR) is 88.6 cm³/mol. The van der Waals surface area contributed by atoms with E-state index in [0.29, 0.717) is 35.8 Å². The molecule has 20 heavy (non-hydrogen) atoms. The third-order valence-corrected chi connectivity index (χ3v) is 4.09. The summed E-state index contributed by atoms with van der Waals surface area (Å²) in [6.07, 6.45) is 0. The van der Waals surface area contributed by atoms with Gasteiger partial charge in [0.05, 0.1) is 20.8 Å². The summed E-state index contributed by atoms with van der Waals surface area (Å²) >= 11 is 26.9. The van der Waals surface area contributed by atoms with Gasteiger partial charge >= 0.3 is 0 Å². The summed E-state index contributed by atoms with van der Waals surface area (Å²) in [7, 11) is 0. The second-order valence-corrected chi connectivity index (χ2v) is 6.43. The van der Waals surface area contributed by atoms with Crippen molar-refractivity contribution in [2.24, 2.45) is 0 Å². The van der Waals surface area contributed by atoms with Crippen molar-refractivity contribution in [3.8, 4) is 0 Å². The molecule has 7 heteroatoms. The van der Waals surface area contributed by atoms with Crippen LogP contribution in [0.15, 0.2) is 34.8 Å². The Morgan fingerprint density at radius 3 is 2.20 bits per heavy atom. The lowest BCUT2D eigenvalue weighted by Crippen LogP contribution is -2.12. The highest BCUT2D eigenvalue weighted by atomic mass is 79.9. The van der Waals surface area contributed by atoms with Crippen molar-refractivity contribution in [2.45, 2.75) is 0 Å². The van der Waals surface area contributed by atoms with Crippen molar-refractivity contribution in [1.82, 2.24) is 0 Å². The molecular weight excluding hydrogens is 408 g/mol. The number of carbonyl (C=O) groups excluding carboxylic acids is 1. The van der Waals surface area contributed by atoms with E-state index in [9.17, 15) is 4.79 Å². The van der Waals surface area contributed by atoms with Gasteiger partial charge in [-0.15, -0.1) is 0 Å². The number of nitrogens with one attached hydrogen (secondary N) is 1. The molecule has 0 saturated heterocycles. The molecule has 0 aliphatic rings. The molecule has 0 radical (unpaired) electrons. The van der Waals surface area contributed by atoms with Crippen LogP contribution in [0, 0.1) is 0 Å². The molecule has 1 amide bonds. The summed E-state index contributed by atoms with van der Waals surface area (Å²) in [5.74, 6) is -0.353. The van der Waals surface area contributed by atoms with Crippen LogP contribution in [0.1, 0.15) is 10.4 Å². The number of anilines is 1. The SMILES string of the molecule is O=C(Nc1cc(Cl)c(Cl)cc1Cl)c1cc(Cl)cc(Br)c1. The van der Waals surface area contributed by atoms with E-state index in [1.54, 1.807) is 18.2 Å². The largest absolute Gasteiger partial charge is 0.321 e. The second kappa shape index (κ2) is 6.54. The molecule has 0 spiro atoms. The number of hydrogen-bond donors (Lipinski definition) is 1. The average molecular weight is 414 g/mol. The Morgan fingerprint density at radius 1 is 0.900 bits per heavy atom. The van der Waals surface area contributed by atoms with Crippen molar-refractivity contribution in [3.63, 3.8) is 0 Å². The summed E-state index contributed by atoms with van der Waals surface area (Å²) < 4.78 is 0.704. The Labute approximate surface area is 144 Å². The Hall–Kier alpha value is -0.450. The number of benzene rings is 2. The highest BCUT2D eigenvalue weighted by Gasteiger charge is 2.12. The van der Waals surface area contributed by atoms with Crippen LogP contribution in [0.2, 0.25) is 20.1 Å². The lowest BCUT2D eigenvalue weighted by molar-refractivity contribution is 0.102. The quantitative estimate of drug-likeness (QED) is 0.574. The van der Waals surface area contributed by atoms with E-state index in [0.717, 1.165) is 0 Å². The molecule has 104 valence electrons.